The first-order valence-corrected chi connectivity index (χ1v) is 11.4. The van der Waals surface area contributed by atoms with Crippen molar-refractivity contribution in [2.24, 2.45) is 0 Å². The van der Waals surface area contributed by atoms with Crippen LogP contribution in [0.3, 0.4) is 0 Å². The van der Waals surface area contributed by atoms with E-state index in [1.807, 2.05) is 59.5 Å². The fraction of sp³-hybridized carbons (Fsp3) is 0.154. The second-order valence-electron chi connectivity index (χ2n) is 7.65. The molecule has 4 rings (SSSR count). The Balaban J connectivity index is 1.40. The predicted octanol–water partition coefficient (Wildman–Crippen LogP) is 5.61. The quantitative estimate of drug-likeness (QED) is 0.484. The number of rotatable bonds is 5. The van der Waals surface area contributed by atoms with Crippen LogP contribution >= 0.6 is 23.2 Å². The van der Waals surface area contributed by atoms with Gasteiger partial charge in [-0.1, -0.05) is 59.6 Å². The molecule has 2 amide bonds. The lowest BCUT2D eigenvalue weighted by atomic mass is 10.1. The molecule has 0 atom stereocenters. The van der Waals surface area contributed by atoms with Crippen LogP contribution in [0.25, 0.3) is 6.08 Å². The van der Waals surface area contributed by atoms with Gasteiger partial charge in [0.1, 0.15) is 0 Å². The maximum Gasteiger partial charge on any atom is 0.253 e. The van der Waals surface area contributed by atoms with E-state index in [2.05, 4.69) is 10.2 Å². The van der Waals surface area contributed by atoms with Gasteiger partial charge in [-0.05, 0) is 48.0 Å². The zero-order valence-corrected chi connectivity index (χ0v) is 19.4. The van der Waals surface area contributed by atoms with Crippen LogP contribution in [0.4, 0.5) is 11.4 Å². The first-order valence-electron chi connectivity index (χ1n) is 10.6. The van der Waals surface area contributed by atoms with Crippen LogP contribution in [0.15, 0.2) is 78.9 Å². The summed E-state index contributed by atoms with van der Waals surface area (Å²) in [6, 6.07) is 22.1. The number of carbonyl (C=O) groups is 2. The third-order valence-electron chi connectivity index (χ3n) is 5.47. The van der Waals surface area contributed by atoms with Crippen molar-refractivity contribution in [3.63, 3.8) is 0 Å². The standard InChI is InChI=1S/C26H23Cl2N3O2/c27-21-12-10-19(22(28)18-21)11-13-25(32)29-23-8-4-5-9-24(23)30-14-16-31(17-15-30)26(33)20-6-2-1-3-7-20/h1-13,18H,14-17H2,(H,29,32)/b13-11-. The predicted molar refractivity (Wildman–Crippen MR) is 135 cm³/mol. The molecule has 0 radical (unpaired) electrons. The zero-order valence-electron chi connectivity index (χ0n) is 17.9. The minimum absolute atomic E-state index is 0.0443. The Hall–Kier alpha value is -3.28. The van der Waals surface area contributed by atoms with Crippen molar-refractivity contribution in [1.29, 1.82) is 0 Å². The highest BCUT2D eigenvalue weighted by atomic mass is 35.5. The van der Waals surface area contributed by atoms with Gasteiger partial charge in [-0.3, -0.25) is 9.59 Å². The molecule has 1 fully saturated rings. The molecule has 0 aromatic heterocycles. The molecular formula is C26H23Cl2N3O2. The summed E-state index contributed by atoms with van der Waals surface area (Å²) in [5.41, 5.74) is 3.06. The number of hydrogen-bond donors (Lipinski definition) is 1. The van der Waals surface area contributed by atoms with Crippen molar-refractivity contribution in [1.82, 2.24) is 4.90 Å². The monoisotopic (exact) mass is 479 g/mol. The van der Waals surface area contributed by atoms with Gasteiger partial charge in [-0.15, -0.1) is 0 Å². The number of nitrogens with zero attached hydrogens (tertiary/aromatic N) is 2. The van der Waals surface area contributed by atoms with Crippen LogP contribution in [-0.2, 0) is 4.79 Å². The summed E-state index contributed by atoms with van der Waals surface area (Å²) in [5, 5.41) is 3.98. The molecule has 3 aromatic carbocycles. The fourth-order valence-corrected chi connectivity index (χ4v) is 4.22. The van der Waals surface area contributed by atoms with Gasteiger partial charge in [0, 0.05) is 47.9 Å². The van der Waals surface area contributed by atoms with Crippen molar-refractivity contribution in [2.75, 3.05) is 36.4 Å². The normalized spacial score (nSPS) is 13.9. The number of carbonyl (C=O) groups excluding carboxylic acids is 2. The SMILES string of the molecule is O=C(/C=C\c1ccc(Cl)cc1Cl)Nc1ccccc1N1CCN(C(=O)c2ccccc2)CC1. The van der Waals surface area contributed by atoms with E-state index in [0.29, 0.717) is 47.4 Å². The van der Waals surface area contributed by atoms with Gasteiger partial charge < -0.3 is 15.1 Å². The summed E-state index contributed by atoms with van der Waals surface area (Å²) in [5.74, 6) is -0.214. The number of benzene rings is 3. The fourth-order valence-electron chi connectivity index (χ4n) is 3.75. The molecule has 33 heavy (non-hydrogen) atoms. The van der Waals surface area contributed by atoms with Crippen LogP contribution in [-0.4, -0.2) is 42.9 Å². The molecule has 1 aliphatic rings. The molecule has 5 nitrogen and oxygen atoms in total. The zero-order chi connectivity index (χ0) is 23.2. The lowest BCUT2D eigenvalue weighted by molar-refractivity contribution is -0.111. The van der Waals surface area contributed by atoms with Crippen molar-refractivity contribution >= 4 is 52.5 Å². The van der Waals surface area contributed by atoms with Crippen LogP contribution in [0.1, 0.15) is 15.9 Å². The minimum Gasteiger partial charge on any atom is -0.366 e. The Morgan fingerprint density at radius 3 is 2.27 bits per heavy atom. The van der Waals surface area contributed by atoms with E-state index in [-0.39, 0.29) is 11.8 Å². The molecule has 1 N–H and O–H groups in total. The Morgan fingerprint density at radius 1 is 0.848 bits per heavy atom. The summed E-state index contributed by atoms with van der Waals surface area (Å²) >= 11 is 12.1. The molecule has 0 aliphatic carbocycles. The Bertz CT molecular complexity index is 1170. The van der Waals surface area contributed by atoms with E-state index in [1.54, 1.807) is 24.3 Å². The Kier molecular flexibility index (Phi) is 7.33. The van der Waals surface area contributed by atoms with Crippen molar-refractivity contribution in [3.05, 3.63) is 100 Å². The Morgan fingerprint density at radius 2 is 1.55 bits per heavy atom. The first-order chi connectivity index (χ1) is 16.0. The first kappa shape index (κ1) is 22.9. The summed E-state index contributed by atoms with van der Waals surface area (Å²) in [7, 11) is 0. The third kappa shape index (κ3) is 5.75. The molecule has 1 saturated heterocycles. The number of nitrogens with one attached hydrogen (secondary N) is 1. The van der Waals surface area contributed by atoms with Crippen LogP contribution in [0, 0.1) is 0 Å². The van der Waals surface area contributed by atoms with Gasteiger partial charge in [0.05, 0.1) is 11.4 Å². The number of halogens is 2. The van der Waals surface area contributed by atoms with Crippen molar-refractivity contribution in [3.8, 4) is 0 Å². The van der Waals surface area contributed by atoms with E-state index in [0.717, 1.165) is 11.4 Å². The largest absolute Gasteiger partial charge is 0.366 e. The molecule has 1 aliphatic heterocycles. The smallest absolute Gasteiger partial charge is 0.253 e. The maximum absolute atomic E-state index is 12.7. The second kappa shape index (κ2) is 10.6. The molecule has 0 spiro atoms. The van der Waals surface area contributed by atoms with Crippen molar-refractivity contribution in [2.45, 2.75) is 0 Å². The number of para-hydroxylation sites is 2. The number of anilines is 2. The molecule has 0 unspecified atom stereocenters. The number of hydrogen-bond acceptors (Lipinski definition) is 3. The van der Waals surface area contributed by atoms with E-state index < -0.39 is 0 Å². The summed E-state index contributed by atoms with van der Waals surface area (Å²) < 4.78 is 0. The molecule has 0 bridgehead atoms. The lowest BCUT2D eigenvalue weighted by Gasteiger charge is -2.37. The van der Waals surface area contributed by atoms with Gasteiger partial charge in [0.2, 0.25) is 5.91 Å². The average molecular weight is 480 g/mol. The maximum atomic E-state index is 12.7. The number of piperazine rings is 1. The highest BCUT2D eigenvalue weighted by molar-refractivity contribution is 6.35. The van der Waals surface area contributed by atoms with Gasteiger partial charge >= 0.3 is 0 Å². The van der Waals surface area contributed by atoms with Crippen LogP contribution < -0.4 is 10.2 Å². The van der Waals surface area contributed by atoms with Gasteiger partial charge in [0.25, 0.3) is 5.91 Å². The average Bonchev–Trinajstić information content (AvgIpc) is 2.84. The number of amides is 2. The molecule has 7 heteroatoms. The van der Waals surface area contributed by atoms with Crippen molar-refractivity contribution < 1.29 is 9.59 Å². The van der Waals surface area contributed by atoms with Gasteiger partial charge in [-0.25, -0.2) is 0 Å². The van der Waals surface area contributed by atoms with E-state index in [4.69, 9.17) is 23.2 Å². The Labute approximate surface area is 203 Å². The highest BCUT2D eigenvalue weighted by Gasteiger charge is 2.23. The second-order valence-corrected chi connectivity index (χ2v) is 8.49. The van der Waals surface area contributed by atoms with Crippen LogP contribution in [0.2, 0.25) is 10.0 Å². The van der Waals surface area contributed by atoms with E-state index >= 15 is 0 Å². The van der Waals surface area contributed by atoms with E-state index in [9.17, 15) is 9.59 Å². The minimum atomic E-state index is -0.258. The van der Waals surface area contributed by atoms with Crippen LogP contribution in [0.5, 0.6) is 0 Å². The molecular weight excluding hydrogens is 457 g/mol. The third-order valence-corrected chi connectivity index (χ3v) is 6.03. The molecule has 3 aromatic rings. The summed E-state index contributed by atoms with van der Waals surface area (Å²) in [4.78, 5) is 29.3. The van der Waals surface area contributed by atoms with Gasteiger partial charge in [-0.2, -0.15) is 0 Å². The highest BCUT2D eigenvalue weighted by Crippen LogP contribution is 2.27. The molecule has 1 heterocycles. The topological polar surface area (TPSA) is 52.7 Å². The molecule has 168 valence electrons. The van der Waals surface area contributed by atoms with Gasteiger partial charge in [0.15, 0.2) is 0 Å². The molecule has 0 saturated carbocycles. The summed E-state index contributed by atoms with van der Waals surface area (Å²) in [6.45, 7) is 2.60. The van der Waals surface area contributed by atoms with E-state index in [1.165, 1.54) is 6.08 Å². The summed E-state index contributed by atoms with van der Waals surface area (Å²) in [6.07, 6.45) is 3.10. The lowest BCUT2D eigenvalue weighted by Crippen LogP contribution is -2.49.